The van der Waals surface area contributed by atoms with Crippen molar-refractivity contribution in [1.82, 2.24) is 0 Å². The van der Waals surface area contributed by atoms with Gasteiger partial charge < -0.3 is 52.4 Å². The molecule has 12 heteroatoms. The lowest BCUT2D eigenvalue weighted by atomic mass is 9.78. The van der Waals surface area contributed by atoms with E-state index in [9.17, 15) is 5.11 Å². The third kappa shape index (κ3) is 11.9. The highest BCUT2D eigenvalue weighted by atomic mass is 28.4. The minimum absolute atomic E-state index is 0.0213. The number of unbranched alkanes of at least 4 members (excludes halogenated alkanes) is 1. The van der Waals surface area contributed by atoms with Crippen molar-refractivity contribution in [3.63, 3.8) is 0 Å². The number of carbonyl (C=O) groups excluding carboxylic acids is 1. The molecule has 59 heavy (non-hydrogen) atoms. The SMILES string of the molecule is C=O.CCN(CCCCO[Si](C)(C)C(C)(C)C)c1cccc(C(O)(c2cc(C3OCC(C)(C)CO3)ccc2OC)c2cc(C3OCC(C)(C)CO3)ccc2OCOC)c1. The predicted molar refractivity (Wildman–Crippen MR) is 235 cm³/mol. The van der Waals surface area contributed by atoms with E-state index in [1.807, 2.05) is 55.3 Å². The normalized spacial score (nSPS) is 18.3. The van der Waals surface area contributed by atoms with Crippen LogP contribution in [0.15, 0.2) is 60.7 Å². The van der Waals surface area contributed by atoms with Gasteiger partial charge >= 0.3 is 0 Å². The Morgan fingerprint density at radius 3 is 1.81 bits per heavy atom. The molecule has 328 valence electrons. The highest BCUT2D eigenvalue weighted by Gasteiger charge is 2.42. The molecule has 0 aliphatic carbocycles. The van der Waals surface area contributed by atoms with Crippen LogP contribution in [0.2, 0.25) is 18.1 Å². The van der Waals surface area contributed by atoms with E-state index < -0.39 is 26.5 Å². The maximum Gasteiger partial charge on any atom is 0.191 e. The molecule has 1 atom stereocenters. The molecule has 1 unspecified atom stereocenters. The van der Waals surface area contributed by atoms with E-state index >= 15 is 0 Å². The molecule has 0 aromatic heterocycles. The van der Waals surface area contributed by atoms with Gasteiger partial charge in [-0.15, -0.1) is 0 Å². The van der Waals surface area contributed by atoms with Gasteiger partial charge in [0.25, 0.3) is 0 Å². The van der Waals surface area contributed by atoms with Crippen molar-refractivity contribution >= 4 is 20.8 Å². The highest BCUT2D eigenvalue weighted by molar-refractivity contribution is 6.74. The Morgan fingerprint density at radius 2 is 1.32 bits per heavy atom. The quantitative estimate of drug-likeness (QED) is 0.0607. The van der Waals surface area contributed by atoms with Crippen LogP contribution in [0.25, 0.3) is 0 Å². The van der Waals surface area contributed by atoms with E-state index in [-0.39, 0.29) is 22.7 Å². The summed E-state index contributed by atoms with van der Waals surface area (Å²) in [5.74, 6) is 0.935. The lowest BCUT2D eigenvalue weighted by molar-refractivity contribution is -0.226. The predicted octanol–water partition coefficient (Wildman–Crippen LogP) is 9.55. The largest absolute Gasteiger partial charge is 0.496 e. The molecule has 0 spiro atoms. The summed E-state index contributed by atoms with van der Waals surface area (Å²) in [6, 6.07) is 19.5. The number of methoxy groups -OCH3 is 2. The van der Waals surface area contributed by atoms with E-state index in [0.717, 1.165) is 49.4 Å². The van der Waals surface area contributed by atoms with Crippen molar-refractivity contribution < 1.29 is 47.5 Å². The van der Waals surface area contributed by atoms with Crippen LogP contribution in [0.4, 0.5) is 5.69 Å². The molecule has 0 radical (unpaired) electrons. The van der Waals surface area contributed by atoms with Gasteiger partial charge in [-0.3, -0.25) is 0 Å². The van der Waals surface area contributed by atoms with Crippen LogP contribution in [0.1, 0.15) is 109 Å². The molecule has 0 bridgehead atoms. The Morgan fingerprint density at radius 1 is 0.797 bits per heavy atom. The van der Waals surface area contributed by atoms with Gasteiger partial charge in [-0.1, -0.05) is 72.7 Å². The van der Waals surface area contributed by atoms with Crippen molar-refractivity contribution in [2.24, 2.45) is 10.8 Å². The Kier molecular flexibility index (Phi) is 16.8. The lowest BCUT2D eigenvalue weighted by Crippen LogP contribution is -2.41. The Labute approximate surface area is 354 Å². The number of rotatable bonds is 17. The van der Waals surface area contributed by atoms with Crippen molar-refractivity contribution in [3.05, 3.63) is 88.5 Å². The maximum atomic E-state index is 13.8. The Balaban J connectivity index is 0.00000378. The highest BCUT2D eigenvalue weighted by Crippen LogP contribution is 2.48. The smallest absolute Gasteiger partial charge is 0.191 e. The molecule has 2 heterocycles. The second-order valence-corrected chi connectivity index (χ2v) is 23.5. The summed E-state index contributed by atoms with van der Waals surface area (Å²) in [7, 11) is 1.38. The fourth-order valence-electron chi connectivity index (χ4n) is 6.95. The van der Waals surface area contributed by atoms with Crippen LogP contribution < -0.4 is 14.4 Å². The summed E-state index contributed by atoms with van der Waals surface area (Å²) in [6.07, 6.45) is 0.701. The Bertz CT molecular complexity index is 1770. The number of ether oxygens (including phenoxy) is 7. The molecule has 3 aromatic rings. The topological polar surface area (TPSA) is 114 Å². The molecule has 2 aliphatic heterocycles. The van der Waals surface area contributed by atoms with Gasteiger partial charge in [0.15, 0.2) is 27.7 Å². The third-order valence-electron chi connectivity index (χ3n) is 11.5. The van der Waals surface area contributed by atoms with Gasteiger partial charge in [0, 0.05) is 65.6 Å². The van der Waals surface area contributed by atoms with E-state index in [2.05, 4.69) is 85.5 Å². The average molecular weight is 838 g/mol. The van der Waals surface area contributed by atoms with Crippen molar-refractivity contribution in [3.8, 4) is 11.5 Å². The van der Waals surface area contributed by atoms with E-state index in [0.29, 0.717) is 54.6 Å². The number of nitrogens with zero attached hydrogens (tertiary/aromatic N) is 1. The van der Waals surface area contributed by atoms with Crippen LogP contribution in [0.3, 0.4) is 0 Å². The summed E-state index contributed by atoms with van der Waals surface area (Å²) in [6.45, 7) is 28.6. The van der Waals surface area contributed by atoms with Gasteiger partial charge in [0.2, 0.25) is 0 Å². The number of hydrogen-bond donors (Lipinski definition) is 1. The molecule has 0 saturated carbocycles. The zero-order chi connectivity index (χ0) is 43.6. The van der Waals surface area contributed by atoms with Crippen molar-refractivity contribution in [2.75, 3.05) is 72.0 Å². The molecule has 1 N–H and O–H groups in total. The number of anilines is 1. The molecular formula is C47H71NO10Si. The molecule has 0 amide bonds. The van der Waals surface area contributed by atoms with Crippen LogP contribution in [-0.4, -0.2) is 87.3 Å². The zero-order valence-electron chi connectivity index (χ0n) is 37.8. The fourth-order valence-corrected chi connectivity index (χ4v) is 8.04. The van der Waals surface area contributed by atoms with Crippen LogP contribution in [0, 0.1) is 10.8 Å². The third-order valence-corrected chi connectivity index (χ3v) is 16.0. The molecule has 3 aromatic carbocycles. The summed E-state index contributed by atoms with van der Waals surface area (Å²) in [4.78, 5) is 10.3. The number of benzene rings is 3. The summed E-state index contributed by atoms with van der Waals surface area (Å²) in [5.41, 5.74) is 2.11. The maximum absolute atomic E-state index is 13.8. The van der Waals surface area contributed by atoms with Crippen LogP contribution in [0.5, 0.6) is 11.5 Å². The second-order valence-electron chi connectivity index (χ2n) is 18.7. The fraction of sp³-hybridized carbons (Fsp3) is 0.596. The first-order valence-corrected chi connectivity index (χ1v) is 23.7. The minimum Gasteiger partial charge on any atom is -0.496 e. The molecule has 2 saturated heterocycles. The summed E-state index contributed by atoms with van der Waals surface area (Å²) < 4.78 is 49.2. The van der Waals surface area contributed by atoms with Gasteiger partial charge in [-0.25, -0.2) is 0 Å². The average Bonchev–Trinajstić information content (AvgIpc) is 3.21. The molecule has 11 nitrogen and oxygen atoms in total. The number of carbonyl (C=O) groups is 1. The standard InChI is InChI=1S/C46H69NO9Si.CH2O/c1-13-47(23-14-15-24-56-57(11,12)43(2,3)4)36-18-16-17-35(27-36)46(48,37-25-33(19-21-39(37)50-10)41-51-28-44(5,6)29-52-41)38-26-34(20-22-40(38)55-32-49-9)42-53-30-45(7,8)31-54-42;1-2/h16-22,25-27,41-42,48H,13-15,23-24,28-32H2,1-12H3;1H2. The summed E-state index contributed by atoms with van der Waals surface area (Å²) in [5, 5.41) is 14.0. The van der Waals surface area contributed by atoms with Crippen molar-refractivity contribution in [2.45, 2.75) is 105 Å². The monoisotopic (exact) mass is 837 g/mol. The zero-order valence-corrected chi connectivity index (χ0v) is 38.8. The first-order valence-electron chi connectivity index (χ1n) is 20.8. The van der Waals surface area contributed by atoms with Crippen molar-refractivity contribution in [1.29, 1.82) is 0 Å². The van der Waals surface area contributed by atoms with Gasteiger partial charge in [-0.2, -0.15) is 0 Å². The first-order chi connectivity index (χ1) is 27.8. The number of aliphatic hydroxyl groups is 1. The first kappa shape index (κ1) is 48.3. The van der Waals surface area contributed by atoms with Crippen LogP contribution >= 0.6 is 0 Å². The molecule has 2 aliphatic rings. The molecule has 2 fully saturated rings. The molecular weight excluding hydrogens is 767 g/mol. The van der Waals surface area contributed by atoms with Crippen LogP contribution in [-0.2, 0) is 38.5 Å². The van der Waals surface area contributed by atoms with Gasteiger partial charge in [-0.05, 0) is 79.9 Å². The van der Waals surface area contributed by atoms with Gasteiger partial charge in [0.1, 0.15) is 23.9 Å². The van der Waals surface area contributed by atoms with Gasteiger partial charge in [0.05, 0.1) is 33.5 Å². The Hall–Kier alpha value is -3.33. The number of hydrogen-bond acceptors (Lipinski definition) is 11. The van der Waals surface area contributed by atoms with E-state index in [4.69, 9.17) is 42.4 Å². The minimum atomic E-state index is -1.81. The lowest BCUT2D eigenvalue weighted by Gasteiger charge is -2.37. The summed E-state index contributed by atoms with van der Waals surface area (Å²) >= 11 is 0. The van der Waals surface area contributed by atoms with E-state index in [1.165, 1.54) is 0 Å². The second kappa shape index (κ2) is 20.5. The molecule has 5 rings (SSSR count). The van der Waals surface area contributed by atoms with E-state index in [1.54, 1.807) is 14.2 Å².